The Morgan fingerprint density at radius 3 is 2.42 bits per heavy atom. The zero-order chi connectivity index (χ0) is 29.8. The first kappa shape index (κ1) is 32.9. The number of aryl methyl sites for hydroxylation is 2. The van der Waals surface area contributed by atoms with Gasteiger partial charge in [-0.1, -0.05) is 44.7 Å². The van der Waals surface area contributed by atoms with Gasteiger partial charge in [-0.2, -0.15) is 13.2 Å². The third-order valence-electron chi connectivity index (χ3n) is 6.41. The summed E-state index contributed by atoms with van der Waals surface area (Å²) in [4.78, 5) is 37.0. The Kier molecular flexibility index (Phi) is 12.7. The molecule has 0 unspecified atom stereocenters. The normalized spacial score (nSPS) is 11.9. The van der Waals surface area contributed by atoms with E-state index in [1.807, 2.05) is 6.07 Å². The van der Waals surface area contributed by atoms with Crippen molar-refractivity contribution < 1.29 is 27.8 Å². The molecule has 9 nitrogen and oxygen atoms in total. The predicted octanol–water partition coefficient (Wildman–Crippen LogP) is 5.39. The number of halogens is 3. The Morgan fingerprint density at radius 1 is 1.02 bits per heavy atom. The molecule has 0 saturated carbocycles. The lowest BCUT2D eigenvalue weighted by Crippen LogP contribution is -2.43. The standard InChI is InChI=1S/C28H41F3N4O5/c1-4-5-6-7-10-19-35-26(39)34(18-12-16-28(29,30)31)24(36)23(33-35)32-17-9-8-13-21-14-11-15-22(20-21)40-27(2,3)25(37)38/h11,14-15,20H,4-10,12-13,16-19H2,1-3H3,(H,32,33)(H,37,38). The van der Waals surface area contributed by atoms with Gasteiger partial charge in [-0.05, 0) is 63.6 Å². The van der Waals surface area contributed by atoms with Crippen molar-refractivity contribution >= 4 is 11.8 Å². The Morgan fingerprint density at radius 2 is 1.75 bits per heavy atom. The van der Waals surface area contributed by atoms with Crippen LogP contribution >= 0.6 is 0 Å². The summed E-state index contributed by atoms with van der Waals surface area (Å²) in [6.07, 6.45) is 0.958. The molecule has 224 valence electrons. The van der Waals surface area contributed by atoms with E-state index in [1.165, 1.54) is 18.5 Å². The number of nitrogens with one attached hydrogen (secondary N) is 1. The molecule has 1 heterocycles. The highest BCUT2D eigenvalue weighted by Gasteiger charge is 2.29. The number of hydrogen-bond donors (Lipinski definition) is 2. The fourth-order valence-electron chi connectivity index (χ4n) is 4.08. The van der Waals surface area contributed by atoms with Crippen LogP contribution in [0.2, 0.25) is 0 Å². The molecular weight excluding hydrogens is 529 g/mol. The second-order valence-electron chi connectivity index (χ2n) is 10.4. The van der Waals surface area contributed by atoms with Crippen LogP contribution in [0.3, 0.4) is 0 Å². The first-order chi connectivity index (χ1) is 18.8. The number of alkyl halides is 3. The van der Waals surface area contributed by atoms with Crippen LogP contribution in [0.25, 0.3) is 0 Å². The Hall–Kier alpha value is -3.31. The molecule has 1 aromatic heterocycles. The molecule has 0 aliphatic carbocycles. The molecule has 1 aromatic carbocycles. The van der Waals surface area contributed by atoms with Crippen LogP contribution in [0.15, 0.2) is 33.9 Å². The quantitative estimate of drug-likeness (QED) is 0.231. The highest BCUT2D eigenvalue weighted by atomic mass is 19.4. The van der Waals surface area contributed by atoms with Crippen LogP contribution in [0.5, 0.6) is 5.75 Å². The molecular formula is C28H41F3N4O5. The summed E-state index contributed by atoms with van der Waals surface area (Å²) < 4.78 is 45.5. The molecule has 0 bridgehead atoms. The topological polar surface area (TPSA) is 115 Å². The number of carboxylic acid groups (broad SMARTS) is 1. The van der Waals surface area contributed by atoms with Crippen molar-refractivity contribution in [2.45, 2.75) is 110 Å². The zero-order valence-electron chi connectivity index (χ0n) is 23.6. The lowest BCUT2D eigenvalue weighted by Gasteiger charge is -2.21. The summed E-state index contributed by atoms with van der Waals surface area (Å²) in [5.74, 6) is -0.665. The van der Waals surface area contributed by atoms with E-state index in [1.54, 1.807) is 18.2 Å². The van der Waals surface area contributed by atoms with Gasteiger partial charge in [-0.15, -0.1) is 5.10 Å². The van der Waals surface area contributed by atoms with Crippen molar-refractivity contribution in [1.29, 1.82) is 0 Å². The molecule has 0 saturated heterocycles. The van der Waals surface area contributed by atoms with Crippen molar-refractivity contribution in [3.8, 4) is 5.75 Å². The summed E-state index contributed by atoms with van der Waals surface area (Å²) in [7, 11) is 0. The Balaban J connectivity index is 2.02. The number of rotatable bonds is 18. The van der Waals surface area contributed by atoms with E-state index in [9.17, 15) is 32.7 Å². The number of ether oxygens (including phenoxy) is 1. The van der Waals surface area contributed by atoms with Gasteiger partial charge in [-0.3, -0.25) is 9.36 Å². The largest absolute Gasteiger partial charge is 0.478 e. The lowest BCUT2D eigenvalue weighted by atomic mass is 10.1. The van der Waals surface area contributed by atoms with Gasteiger partial charge < -0.3 is 15.2 Å². The summed E-state index contributed by atoms with van der Waals surface area (Å²) in [6.45, 7) is 5.37. The van der Waals surface area contributed by atoms with Gasteiger partial charge >= 0.3 is 17.8 Å². The maximum Gasteiger partial charge on any atom is 0.389 e. The number of benzene rings is 1. The second-order valence-corrected chi connectivity index (χ2v) is 10.4. The van der Waals surface area contributed by atoms with Gasteiger partial charge in [0, 0.05) is 26.1 Å². The van der Waals surface area contributed by atoms with Gasteiger partial charge in [0.05, 0.1) is 0 Å². The molecule has 0 radical (unpaired) electrons. The minimum Gasteiger partial charge on any atom is -0.478 e. The molecule has 0 aliphatic heterocycles. The molecule has 0 atom stereocenters. The number of carboxylic acids is 1. The number of nitrogens with zero attached hydrogens (tertiary/aromatic N) is 3. The van der Waals surface area contributed by atoms with Gasteiger partial charge in [0.1, 0.15) is 5.75 Å². The number of hydrogen-bond acceptors (Lipinski definition) is 6. The second kappa shape index (κ2) is 15.5. The Bertz CT molecular complexity index is 1210. The van der Waals surface area contributed by atoms with Crippen molar-refractivity contribution in [3.63, 3.8) is 0 Å². The first-order valence-electron chi connectivity index (χ1n) is 13.9. The number of aromatic nitrogens is 3. The summed E-state index contributed by atoms with van der Waals surface area (Å²) in [6, 6.07) is 7.18. The van der Waals surface area contributed by atoms with E-state index < -0.39 is 35.4 Å². The van der Waals surface area contributed by atoms with Gasteiger partial charge in [-0.25, -0.2) is 14.3 Å². The van der Waals surface area contributed by atoms with Crippen LogP contribution in [-0.2, 0) is 24.3 Å². The van der Waals surface area contributed by atoms with Crippen LogP contribution in [-0.4, -0.2) is 43.7 Å². The highest BCUT2D eigenvalue weighted by molar-refractivity contribution is 5.76. The molecule has 2 N–H and O–H groups in total. The molecule has 0 fully saturated rings. The van der Waals surface area contributed by atoms with Crippen molar-refractivity contribution in [2.75, 3.05) is 11.9 Å². The van der Waals surface area contributed by atoms with Crippen LogP contribution in [0.4, 0.5) is 19.0 Å². The maximum absolute atomic E-state index is 12.9. The number of anilines is 1. The SMILES string of the molecule is CCCCCCCn1nc(NCCCCc2cccc(OC(C)(C)C(=O)O)c2)c(=O)n(CCCC(F)(F)F)c1=O. The third kappa shape index (κ3) is 11.1. The number of unbranched alkanes of at least 4 members (excludes halogenated alkanes) is 5. The zero-order valence-corrected chi connectivity index (χ0v) is 23.6. The smallest absolute Gasteiger partial charge is 0.389 e. The van der Waals surface area contributed by atoms with Crippen LogP contribution in [0, 0.1) is 0 Å². The third-order valence-corrected chi connectivity index (χ3v) is 6.41. The molecule has 12 heteroatoms. The van der Waals surface area contributed by atoms with Gasteiger partial charge in [0.25, 0.3) is 5.56 Å². The molecule has 0 amide bonds. The molecule has 0 aliphatic rings. The van der Waals surface area contributed by atoms with E-state index in [0.29, 0.717) is 31.6 Å². The predicted molar refractivity (Wildman–Crippen MR) is 147 cm³/mol. The maximum atomic E-state index is 12.9. The average molecular weight is 571 g/mol. The van der Waals surface area contributed by atoms with Crippen molar-refractivity contribution in [3.05, 3.63) is 50.7 Å². The minimum absolute atomic E-state index is 0.0496. The number of aliphatic carboxylic acids is 1. The Labute approximate surface area is 232 Å². The molecule has 0 spiro atoms. The van der Waals surface area contributed by atoms with Gasteiger partial charge in [0.15, 0.2) is 5.60 Å². The summed E-state index contributed by atoms with van der Waals surface area (Å²) in [5.41, 5.74) is -1.82. The number of carbonyl (C=O) groups is 1. The molecule has 2 rings (SSSR count). The van der Waals surface area contributed by atoms with E-state index in [4.69, 9.17) is 4.74 Å². The van der Waals surface area contributed by atoms with E-state index in [0.717, 1.165) is 42.2 Å². The van der Waals surface area contributed by atoms with Crippen LogP contribution < -0.4 is 21.3 Å². The van der Waals surface area contributed by atoms with E-state index in [-0.39, 0.29) is 25.3 Å². The lowest BCUT2D eigenvalue weighted by molar-refractivity contribution is -0.152. The van der Waals surface area contributed by atoms with Crippen LogP contribution in [0.1, 0.15) is 84.1 Å². The molecule has 40 heavy (non-hydrogen) atoms. The average Bonchev–Trinajstić information content (AvgIpc) is 2.87. The fraction of sp³-hybridized carbons (Fsp3) is 0.643. The molecule has 2 aromatic rings. The minimum atomic E-state index is -4.37. The highest BCUT2D eigenvalue weighted by Crippen LogP contribution is 2.22. The van der Waals surface area contributed by atoms with E-state index in [2.05, 4.69) is 17.3 Å². The first-order valence-corrected chi connectivity index (χ1v) is 13.9. The summed E-state index contributed by atoms with van der Waals surface area (Å²) >= 11 is 0. The monoisotopic (exact) mass is 570 g/mol. The summed E-state index contributed by atoms with van der Waals surface area (Å²) in [5, 5.41) is 16.4. The fourth-order valence-corrected chi connectivity index (χ4v) is 4.08. The van der Waals surface area contributed by atoms with Crippen molar-refractivity contribution in [1.82, 2.24) is 14.3 Å². The van der Waals surface area contributed by atoms with E-state index >= 15 is 0 Å². The van der Waals surface area contributed by atoms with Gasteiger partial charge in [0.2, 0.25) is 5.82 Å². The van der Waals surface area contributed by atoms with Crippen molar-refractivity contribution in [2.24, 2.45) is 0 Å².